The van der Waals surface area contributed by atoms with Gasteiger partial charge in [-0.25, -0.2) is 0 Å². The molecule has 0 atom stereocenters. The van der Waals surface area contributed by atoms with E-state index in [2.05, 4.69) is 32.9 Å². The second-order valence-electron chi connectivity index (χ2n) is 4.19. The molecule has 2 N–H and O–H groups in total. The summed E-state index contributed by atoms with van der Waals surface area (Å²) in [7, 11) is 0. The van der Waals surface area contributed by atoms with E-state index in [1.165, 1.54) is 12.8 Å². The third kappa shape index (κ3) is 1.64. The number of nitrogens with two attached hydrogens (primary N) is 1. The summed E-state index contributed by atoms with van der Waals surface area (Å²) in [5.74, 6) is 0. The molecule has 0 unspecified atom stereocenters. The molecule has 1 heteroatoms. The predicted octanol–water partition coefficient (Wildman–Crippen LogP) is 2.47. The number of allylic oxidation sites excluding steroid dienone is 1. The SMILES string of the molecule is CC/C=C/C(C)(C)C1(N)CC1. The topological polar surface area (TPSA) is 26.0 Å². The molecule has 0 amide bonds. The van der Waals surface area contributed by atoms with E-state index in [9.17, 15) is 0 Å². The Hall–Kier alpha value is -0.300. The molecule has 0 aromatic carbocycles. The van der Waals surface area contributed by atoms with E-state index in [0.717, 1.165) is 6.42 Å². The summed E-state index contributed by atoms with van der Waals surface area (Å²) in [6.45, 7) is 6.61. The van der Waals surface area contributed by atoms with Crippen LogP contribution in [0.2, 0.25) is 0 Å². The normalized spacial score (nSPS) is 22.5. The van der Waals surface area contributed by atoms with Crippen LogP contribution in [0.5, 0.6) is 0 Å². The first-order chi connectivity index (χ1) is 5.02. The first kappa shape index (κ1) is 8.79. The Morgan fingerprint density at radius 2 is 2.00 bits per heavy atom. The molecule has 0 aromatic heterocycles. The fourth-order valence-electron chi connectivity index (χ4n) is 1.36. The second-order valence-corrected chi connectivity index (χ2v) is 4.19. The largest absolute Gasteiger partial charge is 0.324 e. The van der Waals surface area contributed by atoms with Crippen LogP contribution < -0.4 is 5.73 Å². The van der Waals surface area contributed by atoms with Crippen molar-refractivity contribution < 1.29 is 0 Å². The minimum atomic E-state index is 0.110. The van der Waals surface area contributed by atoms with Gasteiger partial charge in [0.2, 0.25) is 0 Å². The molecule has 1 rings (SSSR count). The predicted molar refractivity (Wildman–Crippen MR) is 49.4 cm³/mol. The van der Waals surface area contributed by atoms with E-state index in [4.69, 9.17) is 5.73 Å². The third-order valence-corrected chi connectivity index (χ3v) is 2.84. The van der Waals surface area contributed by atoms with E-state index >= 15 is 0 Å². The molecule has 1 nitrogen and oxygen atoms in total. The van der Waals surface area contributed by atoms with Crippen LogP contribution in [0.4, 0.5) is 0 Å². The van der Waals surface area contributed by atoms with E-state index in [1.807, 2.05) is 0 Å². The van der Waals surface area contributed by atoms with Gasteiger partial charge in [0, 0.05) is 11.0 Å². The van der Waals surface area contributed by atoms with Gasteiger partial charge in [0.15, 0.2) is 0 Å². The lowest BCUT2D eigenvalue weighted by Crippen LogP contribution is -2.38. The van der Waals surface area contributed by atoms with Crippen LogP contribution in [0.15, 0.2) is 12.2 Å². The minimum absolute atomic E-state index is 0.110. The molecule has 0 heterocycles. The lowest BCUT2D eigenvalue weighted by atomic mass is 9.82. The standard InChI is InChI=1S/C10H19N/c1-4-5-6-9(2,3)10(11)7-8-10/h5-6H,4,7-8,11H2,1-3H3/b6-5+. The molecular formula is C10H19N. The average Bonchev–Trinajstić information content (AvgIpc) is 2.65. The molecule has 0 aromatic rings. The van der Waals surface area contributed by atoms with Crippen LogP contribution in [-0.4, -0.2) is 5.54 Å². The molecule has 1 aliphatic carbocycles. The van der Waals surface area contributed by atoms with E-state index in [1.54, 1.807) is 0 Å². The van der Waals surface area contributed by atoms with Gasteiger partial charge in [-0.3, -0.25) is 0 Å². The molecule has 1 saturated carbocycles. The zero-order chi connectivity index (χ0) is 8.54. The fraction of sp³-hybridized carbons (Fsp3) is 0.800. The van der Waals surface area contributed by atoms with Crippen molar-refractivity contribution in [3.63, 3.8) is 0 Å². The van der Waals surface area contributed by atoms with Crippen LogP contribution >= 0.6 is 0 Å². The van der Waals surface area contributed by atoms with Gasteiger partial charge in [0.05, 0.1) is 0 Å². The molecule has 1 fully saturated rings. The number of hydrogen-bond acceptors (Lipinski definition) is 1. The van der Waals surface area contributed by atoms with Gasteiger partial charge >= 0.3 is 0 Å². The van der Waals surface area contributed by atoms with E-state index < -0.39 is 0 Å². The molecule has 1 aliphatic rings. The van der Waals surface area contributed by atoms with Crippen LogP contribution in [0.1, 0.15) is 40.0 Å². The highest BCUT2D eigenvalue weighted by Crippen LogP contribution is 2.48. The van der Waals surface area contributed by atoms with E-state index in [-0.39, 0.29) is 11.0 Å². The highest BCUT2D eigenvalue weighted by Gasteiger charge is 2.49. The van der Waals surface area contributed by atoms with Crippen molar-refractivity contribution in [3.05, 3.63) is 12.2 Å². The maximum Gasteiger partial charge on any atom is 0.0242 e. The molecular weight excluding hydrogens is 134 g/mol. The van der Waals surface area contributed by atoms with Crippen molar-refractivity contribution >= 4 is 0 Å². The van der Waals surface area contributed by atoms with Crippen LogP contribution in [0.25, 0.3) is 0 Å². The van der Waals surface area contributed by atoms with Crippen molar-refractivity contribution in [3.8, 4) is 0 Å². The molecule has 0 aliphatic heterocycles. The highest BCUT2D eigenvalue weighted by atomic mass is 14.9. The second kappa shape index (κ2) is 2.63. The lowest BCUT2D eigenvalue weighted by Gasteiger charge is -2.28. The van der Waals surface area contributed by atoms with Crippen molar-refractivity contribution in [2.24, 2.45) is 11.1 Å². The van der Waals surface area contributed by atoms with Crippen molar-refractivity contribution in [1.82, 2.24) is 0 Å². The average molecular weight is 153 g/mol. The molecule has 11 heavy (non-hydrogen) atoms. The number of hydrogen-bond donors (Lipinski definition) is 1. The Bertz CT molecular complexity index is 164. The Balaban J connectivity index is 2.59. The summed E-state index contributed by atoms with van der Waals surface area (Å²) in [5, 5.41) is 0. The monoisotopic (exact) mass is 153 g/mol. The quantitative estimate of drug-likeness (QED) is 0.619. The minimum Gasteiger partial charge on any atom is -0.324 e. The lowest BCUT2D eigenvalue weighted by molar-refractivity contribution is 0.351. The van der Waals surface area contributed by atoms with Gasteiger partial charge in [0.1, 0.15) is 0 Å². The zero-order valence-corrected chi connectivity index (χ0v) is 7.85. The van der Waals surface area contributed by atoms with Gasteiger partial charge in [-0.05, 0) is 19.3 Å². The van der Waals surface area contributed by atoms with Gasteiger partial charge in [0.25, 0.3) is 0 Å². The van der Waals surface area contributed by atoms with Crippen molar-refractivity contribution in [2.75, 3.05) is 0 Å². The Kier molecular flexibility index (Phi) is 2.10. The number of rotatable bonds is 3. The van der Waals surface area contributed by atoms with E-state index in [0.29, 0.717) is 0 Å². The van der Waals surface area contributed by atoms with Gasteiger partial charge in [-0.1, -0.05) is 32.9 Å². The summed E-state index contributed by atoms with van der Waals surface area (Å²) in [4.78, 5) is 0. The first-order valence-corrected chi connectivity index (χ1v) is 4.48. The molecule has 64 valence electrons. The van der Waals surface area contributed by atoms with Crippen molar-refractivity contribution in [2.45, 2.75) is 45.6 Å². The van der Waals surface area contributed by atoms with Crippen LogP contribution in [0, 0.1) is 5.41 Å². The van der Waals surface area contributed by atoms with Gasteiger partial charge in [-0.15, -0.1) is 0 Å². The highest BCUT2D eigenvalue weighted by molar-refractivity contribution is 5.16. The first-order valence-electron chi connectivity index (χ1n) is 4.48. The van der Waals surface area contributed by atoms with Gasteiger partial charge < -0.3 is 5.73 Å². The van der Waals surface area contributed by atoms with Crippen LogP contribution in [0.3, 0.4) is 0 Å². The molecule has 0 bridgehead atoms. The maximum atomic E-state index is 6.11. The molecule has 0 spiro atoms. The third-order valence-electron chi connectivity index (χ3n) is 2.84. The summed E-state index contributed by atoms with van der Waals surface area (Å²) < 4.78 is 0. The summed E-state index contributed by atoms with van der Waals surface area (Å²) in [6.07, 6.45) is 7.97. The maximum absolute atomic E-state index is 6.11. The summed E-state index contributed by atoms with van der Waals surface area (Å²) >= 11 is 0. The summed E-state index contributed by atoms with van der Waals surface area (Å²) in [6, 6.07) is 0. The van der Waals surface area contributed by atoms with Crippen molar-refractivity contribution in [1.29, 1.82) is 0 Å². The van der Waals surface area contributed by atoms with Gasteiger partial charge in [-0.2, -0.15) is 0 Å². The Morgan fingerprint density at radius 1 is 1.45 bits per heavy atom. The molecule has 0 radical (unpaired) electrons. The zero-order valence-electron chi connectivity index (χ0n) is 7.85. The molecule has 0 saturated heterocycles. The fourth-order valence-corrected chi connectivity index (χ4v) is 1.36. The Labute approximate surface area is 69.7 Å². The summed E-state index contributed by atoms with van der Waals surface area (Å²) in [5.41, 5.74) is 6.42. The smallest absolute Gasteiger partial charge is 0.0242 e. The Morgan fingerprint density at radius 3 is 2.36 bits per heavy atom. The van der Waals surface area contributed by atoms with Crippen LogP contribution in [-0.2, 0) is 0 Å².